The van der Waals surface area contributed by atoms with Gasteiger partial charge in [0, 0.05) is 15.1 Å². The summed E-state index contributed by atoms with van der Waals surface area (Å²) in [7, 11) is 0. The summed E-state index contributed by atoms with van der Waals surface area (Å²) in [5.74, 6) is -0.975. The van der Waals surface area contributed by atoms with E-state index >= 15 is 0 Å². The highest BCUT2D eigenvalue weighted by Crippen LogP contribution is 2.30. The highest BCUT2D eigenvalue weighted by Gasteiger charge is 2.24. The maximum Gasteiger partial charge on any atom is 0.339 e. The van der Waals surface area contributed by atoms with Crippen LogP contribution in [0, 0.1) is 0 Å². The van der Waals surface area contributed by atoms with E-state index in [9.17, 15) is 9.90 Å². The Morgan fingerprint density at radius 2 is 1.80 bits per heavy atom. The fourth-order valence-corrected chi connectivity index (χ4v) is 3.14. The van der Waals surface area contributed by atoms with Crippen molar-refractivity contribution < 1.29 is 9.90 Å². The second-order valence-corrected chi connectivity index (χ2v) is 6.97. The molecule has 0 unspecified atom stereocenters. The molecule has 0 fully saturated rings. The van der Waals surface area contributed by atoms with E-state index in [1.807, 2.05) is 31.2 Å². The molecule has 0 aliphatic heterocycles. The van der Waals surface area contributed by atoms with E-state index in [2.05, 4.69) is 21.0 Å². The lowest BCUT2D eigenvalue weighted by atomic mass is 10.0. The van der Waals surface area contributed by atoms with Crippen LogP contribution >= 0.6 is 27.5 Å². The van der Waals surface area contributed by atoms with E-state index in [0.717, 1.165) is 22.1 Å². The van der Waals surface area contributed by atoms with Gasteiger partial charge in [0.25, 0.3) is 0 Å². The van der Waals surface area contributed by atoms with Crippen molar-refractivity contribution in [3.05, 3.63) is 69.3 Å². The van der Waals surface area contributed by atoms with Gasteiger partial charge in [0.1, 0.15) is 11.3 Å². The summed E-state index contributed by atoms with van der Waals surface area (Å²) >= 11 is 9.37. The third-order valence-electron chi connectivity index (χ3n) is 3.87. The molecule has 25 heavy (non-hydrogen) atoms. The molecular formula is C19H16BrClN2O2. The van der Waals surface area contributed by atoms with Crippen LogP contribution < -0.4 is 0 Å². The predicted octanol–water partition coefficient (Wildman–Crippen LogP) is 5.61. The van der Waals surface area contributed by atoms with Crippen LogP contribution in [-0.4, -0.2) is 20.9 Å². The van der Waals surface area contributed by atoms with Gasteiger partial charge in [0.15, 0.2) is 0 Å². The summed E-state index contributed by atoms with van der Waals surface area (Å²) in [4.78, 5) is 12.0. The van der Waals surface area contributed by atoms with Crippen molar-refractivity contribution in [3.8, 4) is 16.9 Å². The number of rotatable bonds is 5. The van der Waals surface area contributed by atoms with Crippen LogP contribution in [0.2, 0.25) is 5.02 Å². The minimum Gasteiger partial charge on any atom is -0.478 e. The third-order valence-corrected chi connectivity index (χ3v) is 4.65. The number of aromatic nitrogens is 2. The minimum absolute atomic E-state index is 0.243. The van der Waals surface area contributed by atoms with Crippen molar-refractivity contribution in [3.63, 3.8) is 0 Å². The van der Waals surface area contributed by atoms with Crippen LogP contribution in [0.15, 0.2) is 53.0 Å². The van der Waals surface area contributed by atoms with Gasteiger partial charge in [-0.05, 0) is 42.8 Å². The third kappa shape index (κ3) is 3.62. The smallest absolute Gasteiger partial charge is 0.339 e. The number of hydrogen-bond donors (Lipinski definition) is 1. The summed E-state index contributed by atoms with van der Waals surface area (Å²) in [6.07, 6.45) is 1.45. The average Bonchev–Trinajstić information content (AvgIpc) is 2.96. The lowest BCUT2D eigenvalue weighted by Gasteiger charge is -2.07. The fraction of sp³-hybridized carbons (Fsp3) is 0.158. The second-order valence-electron chi connectivity index (χ2n) is 5.62. The molecule has 0 amide bonds. The summed E-state index contributed by atoms with van der Waals surface area (Å²) in [5, 5.41) is 15.0. The number of aromatic carboxylic acids is 1. The zero-order chi connectivity index (χ0) is 18.0. The molecule has 0 aliphatic rings. The molecule has 1 aromatic heterocycles. The molecule has 0 bridgehead atoms. The SMILES string of the molecule is CCCc1c(C(=O)O)c(-c2ccc(Cl)cc2)nn1-c1ccc(Br)cc1. The standard InChI is InChI=1S/C19H16BrClN2O2/c1-2-3-16-17(19(24)25)18(12-4-8-14(21)9-5-12)22-23(16)15-10-6-13(20)7-11-15/h4-11H,2-3H2,1H3,(H,24,25). The second kappa shape index (κ2) is 7.42. The first kappa shape index (κ1) is 17.7. The van der Waals surface area contributed by atoms with E-state index in [-0.39, 0.29) is 5.56 Å². The Labute approximate surface area is 159 Å². The number of carboxylic acids is 1. The summed E-state index contributed by atoms with van der Waals surface area (Å²) in [6.45, 7) is 2.02. The molecule has 3 aromatic rings. The van der Waals surface area contributed by atoms with E-state index in [4.69, 9.17) is 11.6 Å². The molecule has 0 spiro atoms. The van der Waals surface area contributed by atoms with E-state index < -0.39 is 5.97 Å². The Balaban J connectivity index is 2.24. The minimum atomic E-state index is -0.975. The molecule has 1 N–H and O–H groups in total. The van der Waals surface area contributed by atoms with E-state index in [0.29, 0.717) is 22.8 Å². The van der Waals surface area contributed by atoms with Gasteiger partial charge in [0.05, 0.1) is 11.4 Å². The topological polar surface area (TPSA) is 55.1 Å². The maximum atomic E-state index is 12.0. The molecule has 0 saturated carbocycles. The van der Waals surface area contributed by atoms with Crippen LogP contribution in [0.4, 0.5) is 0 Å². The molecule has 6 heteroatoms. The highest BCUT2D eigenvalue weighted by molar-refractivity contribution is 9.10. The Morgan fingerprint density at radius 3 is 2.36 bits per heavy atom. The van der Waals surface area contributed by atoms with E-state index in [1.165, 1.54) is 0 Å². The molecule has 0 radical (unpaired) electrons. The number of carbonyl (C=O) groups is 1. The van der Waals surface area contributed by atoms with Crippen LogP contribution in [0.3, 0.4) is 0 Å². The Morgan fingerprint density at radius 1 is 1.16 bits per heavy atom. The van der Waals surface area contributed by atoms with Crippen molar-refractivity contribution >= 4 is 33.5 Å². The molecule has 0 aliphatic carbocycles. The van der Waals surface area contributed by atoms with Gasteiger partial charge < -0.3 is 5.11 Å². The predicted molar refractivity (Wildman–Crippen MR) is 103 cm³/mol. The van der Waals surface area contributed by atoms with Crippen LogP contribution in [0.5, 0.6) is 0 Å². The zero-order valence-corrected chi connectivity index (χ0v) is 15.9. The van der Waals surface area contributed by atoms with Crippen molar-refractivity contribution in [1.29, 1.82) is 0 Å². The molecular weight excluding hydrogens is 404 g/mol. The quantitative estimate of drug-likeness (QED) is 0.585. The Bertz CT molecular complexity index is 902. The molecule has 3 rings (SSSR count). The van der Waals surface area contributed by atoms with Gasteiger partial charge in [-0.15, -0.1) is 0 Å². The fourth-order valence-electron chi connectivity index (χ4n) is 2.75. The number of nitrogens with zero attached hydrogens (tertiary/aromatic N) is 2. The molecule has 128 valence electrons. The number of hydrogen-bond acceptors (Lipinski definition) is 2. The molecule has 4 nitrogen and oxygen atoms in total. The lowest BCUT2D eigenvalue weighted by molar-refractivity contribution is 0.0696. The first-order chi connectivity index (χ1) is 12.0. The number of halogens is 2. The summed E-state index contributed by atoms with van der Waals surface area (Å²) in [6, 6.07) is 14.7. The van der Waals surface area contributed by atoms with Crippen molar-refractivity contribution in [1.82, 2.24) is 9.78 Å². The van der Waals surface area contributed by atoms with Crippen molar-refractivity contribution in [2.75, 3.05) is 0 Å². The van der Waals surface area contributed by atoms with Gasteiger partial charge in [-0.1, -0.05) is 53.0 Å². The summed E-state index contributed by atoms with van der Waals surface area (Å²) < 4.78 is 2.68. The van der Waals surface area contributed by atoms with E-state index in [1.54, 1.807) is 28.9 Å². The largest absolute Gasteiger partial charge is 0.478 e. The first-order valence-corrected chi connectivity index (χ1v) is 9.05. The number of benzene rings is 2. The normalized spacial score (nSPS) is 10.8. The van der Waals surface area contributed by atoms with Gasteiger partial charge in [0.2, 0.25) is 0 Å². The monoisotopic (exact) mass is 418 g/mol. The average molecular weight is 420 g/mol. The van der Waals surface area contributed by atoms with Gasteiger partial charge in [-0.2, -0.15) is 5.10 Å². The van der Waals surface area contributed by atoms with Crippen LogP contribution in [0.25, 0.3) is 16.9 Å². The van der Waals surface area contributed by atoms with Crippen molar-refractivity contribution in [2.45, 2.75) is 19.8 Å². The Hall–Kier alpha value is -2.11. The highest BCUT2D eigenvalue weighted by atomic mass is 79.9. The molecule has 0 atom stereocenters. The summed E-state index contributed by atoms with van der Waals surface area (Å²) in [5.41, 5.74) is 2.95. The van der Waals surface area contributed by atoms with Crippen LogP contribution in [-0.2, 0) is 6.42 Å². The van der Waals surface area contributed by atoms with Gasteiger partial charge in [-0.3, -0.25) is 0 Å². The zero-order valence-electron chi connectivity index (χ0n) is 13.5. The van der Waals surface area contributed by atoms with Crippen LogP contribution in [0.1, 0.15) is 29.4 Å². The Kier molecular flexibility index (Phi) is 5.25. The molecule has 2 aromatic carbocycles. The van der Waals surface area contributed by atoms with Gasteiger partial charge >= 0.3 is 5.97 Å². The lowest BCUT2D eigenvalue weighted by Crippen LogP contribution is -2.06. The molecule has 1 heterocycles. The number of carboxylic acid groups (broad SMARTS) is 1. The maximum absolute atomic E-state index is 12.0. The van der Waals surface area contributed by atoms with Gasteiger partial charge in [-0.25, -0.2) is 9.48 Å². The molecule has 0 saturated heterocycles. The first-order valence-electron chi connectivity index (χ1n) is 7.88. The van der Waals surface area contributed by atoms with Crippen molar-refractivity contribution in [2.24, 2.45) is 0 Å².